The minimum Gasteiger partial charge on any atom is -0.376 e. The maximum atomic E-state index is 11.9. The number of aromatic nitrogens is 2. The largest absolute Gasteiger partial charge is 0.376 e. The molecule has 0 spiro atoms. The second-order valence-electron chi connectivity index (χ2n) is 5.65. The maximum Gasteiger partial charge on any atom is 0.328 e. The molecule has 0 bridgehead atoms. The van der Waals surface area contributed by atoms with Crippen molar-refractivity contribution in [3.8, 4) is 0 Å². The molecule has 4 nitrogen and oxygen atoms in total. The summed E-state index contributed by atoms with van der Waals surface area (Å²) in [4.78, 5) is 11.9. The smallest absolute Gasteiger partial charge is 0.328 e. The van der Waals surface area contributed by atoms with Crippen molar-refractivity contribution >= 4 is 22.6 Å². The number of ether oxygens (including phenoxy) is 1. The Kier molecular flexibility index (Phi) is 3.38. The van der Waals surface area contributed by atoms with E-state index < -0.39 is 0 Å². The predicted octanol–water partition coefficient (Wildman–Crippen LogP) is 2.58. The molecule has 3 unspecified atom stereocenters. The van der Waals surface area contributed by atoms with Crippen LogP contribution in [-0.4, -0.2) is 21.8 Å². The molecule has 1 aromatic heterocycles. The summed E-state index contributed by atoms with van der Waals surface area (Å²) in [6.45, 7) is 2.95. The standard InChI is InChI=1S/C15H19ClN2O2/c1-9-6-7-20-14(9)13(16)10-4-5-11-12(8-10)18(3)15(19)17(11)2/h4-5,8-9,13-14H,6-7H2,1-3H3. The summed E-state index contributed by atoms with van der Waals surface area (Å²) in [5.41, 5.74) is 2.82. The molecule has 1 saturated heterocycles. The lowest BCUT2D eigenvalue weighted by molar-refractivity contribution is 0.0904. The van der Waals surface area contributed by atoms with Crippen LogP contribution >= 0.6 is 11.6 Å². The predicted molar refractivity (Wildman–Crippen MR) is 80.3 cm³/mol. The van der Waals surface area contributed by atoms with Crippen molar-refractivity contribution in [3.63, 3.8) is 0 Å². The van der Waals surface area contributed by atoms with Gasteiger partial charge in [-0.15, -0.1) is 11.6 Å². The molecule has 0 N–H and O–H groups in total. The molecular weight excluding hydrogens is 276 g/mol. The van der Waals surface area contributed by atoms with E-state index in [1.165, 1.54) is 0 Å². The van der Waals surface area contributed by atoms with Crippen molar-refractivity contribution in [3.05, 3.63) is 34.2 Å². The molecule has 1 aliphatic rings. The first-order valence-electron chi connectivity index (χ1n) is 6.91. The van der Waals surface area contributed by atoms with E-state index >= 15 is 0 Å². The summed E-state index contributed by atoms with van der Waals surface area (Å²) in [6.07, 6.45) is 1.11. The van der Waals surface area contributed by atoms with Crippen molar-refractivity contribution in [2.45, 2.75) is 24.8 Å². The van der Waals surface area contributed by atoms with Gasteiger partial charge in [0.1, 0.15) is 0 Å². The Bertz CT molecular complexity index is 704. The van der Waals surface area contributed by atoms with Crippen LogP contribution in [0.4, 0.5) is 0 Å². The van der Waals surface area contributed by atoms with Gasteiger partial charge in [-0.05, 0) is 30.0 Å². The number of hydrogen-bond donors (Lipinski definition) is 0. The fourth-order valence-corrected chi connectivity index (χ4v) is 3.43. The lowest BCUT2D eigenvalue weighted by Crippen LogP contribution is -2.19. The van der Waals surface area contributed by atoms with E-state index in [-0.39, 0.29) is 17.2 Å². The normalized spacial score (nSPS) is 24.4. The first-order chi connectivity index (χ1) is 9.50. The van der Waals surface area contributed by atoms with Crippen molar-refractivity contribution in [2.75, 3.05) is 6.61 Å². The molecule has 1 fully saturated rings. The van der Waals surface area contributed by atoms with E-state index in [1.54, 1.807) is 23.2 Å². The minimum absolute atomic E-state index is 0.0197. The van der Waals surface area contributed by atoms with E-state index in [4.69, 9.17) is 16.3 Å². The number of imidazole rings is 1. The molecule has 2 heterocycles. The molecule has 1 aliphatic heterocycles. The number of nitrogens with zero attached hydrogens (tertiary/aromatic N) is 2. The molecule has 0 amide bonds. The molecule has 2 aromatic rings. The summed E-state index contributed by atoms with van der Waals surface area (Å²) in [5, 5.41) is -0.174. The fraction of sp³-hybridized carbons (Fsp3) is 0.533. The molecule has 0 saturated carbocycles. The van der Waals surface area contributed by atoms with Gasteiger partial charge in [-0.2, -0.15) is 0 Å². The van der Waals surface area contributed by atoms with Gasteiger partial charge in [0.15, 0.2) is 0 Å². The number of alkyl halides is 1. The van der Waals surface area contributed by atoms with Gasteiger partial charge in [0, 0.05) is 20.7 Å². The van der Waals surface area contributed by atoms with Crippen LogP contribution in [0.15, 0.2) is 23.0 Å². The summed E-state index contributed by atoms with van der Waals surface area (Å²) in [5.74, 6) is 0.466. The zero-order chi connectivity index (χ0) is 14.4. The van der Waals surface area contributed by atoms with Crippen molar-refractivity contribution < 1.29 is 4.74 Å². The van der Waals surface area contributed by atoms with Gasteiger partial charge in [-0.3, -0.25) is 9.13 Å². The fourth-order valence-electron chi connectivity index (χ4n) is 2.98. The Labute approximate surface area is 122 Å². The van der Waals surface area contributed by atoms with Gasteiger partial charge in [0.25, 0.3) is 0 Å². The summed E-state index contributed by atoms with van der Waals surface area (Å²) >= 11 is 6.59. The summed E-state index contributed by atoms with van der Waals surface area (Å²) in [7, 11) is 3.57. The third kappa shape index (κ3) is 1.98. The zero-order valence-corrected chi connectivity index (χ0v) is 12.7. The first kappa shape index (κ1) is 13.7. The van der Waals surface area contributed by atoms with E-state index in [0.29, 0.717) is 5.92 Å². The van der Waals surface area contributed by atoms with Crippen molar-refractivity contribution in [1.82, 2.24) is 9.13 Å². The molecule has 3 atom stereocenters. The van der Waals surface area contributed by atoms with Crippen molar-refractivity contribution in [1.29, 1.82) is 0 Å². The first-order valence-corrected chi connectivity index (χ1v) is 7.35. The molecular formula is C15H19ClN2O2. The Morgan fingerprint density at radius 3 is 2.65 bits per heavy atom. The highest BCUT2D eigenvalue weighted by molar-refractivity contribution is 6.21. The zero-order valence-electron chi connectivity index (χ0n) is 12.0. The van der Waals surface area contributed by atoms with Gasteiger partial charge in [-0.25, -0.2) is 4.79 Å². The van der Waals surface area contributed by atoms with Crippen LogP contribution in [0.5, 0.6) is 0 Å². The van der Waals surface area contributed by atoms with Crippen LogP contribution in [0.1, 0.15) is 24.3 Å². The number of hydrogen-bond acceptors (Lipinski definition) is 2. The van der Waals surface area contributed by atoms with E-state index in [1.807, 2.05) is 18.2 Å². The van der Waals surface area contributed by atoms with E-state index in [9.17, 15) is 4.79 Å². The third-order valence-electron chi connectivity index (χ3n) is 4.35. The lowest BCUT2D eigenvalue weighted by atomic mass is 9.97. The highest BCUT2D eigenvalue weighted by atomic mass is 35.5. The number of aryl methyl sites for hydroxylation is 2. The third-order valence-corrected chi connectivity index (χ3v) is 4.85. The number of halogens is 1. The molecule has 0 radical (unpaired) electrons. The van der Waals surface area contributed by atoms with Gasteiger partial charge < -0.3 is 4.74 Å². The average molecular weight is 295 g/mol. The number of benzene rings is 1. The van der Waals surface area contributed by atoms with Gasteiger partial charge >= 0.3 is 5.69 Å². The minimum atomic E-state index is -0.174. The monoisotopic (exact) mass is 294 g/mol. The molecule has 0 aliphatic carbocycles. The van der Waals surface area contributed by atoms with Crippen LogP contribution in [0.3, 0.4) is 0 Å². The van der Waals surface area contributed by atoms with Gasteiger partial charge in [0.05, 0.1) is 22.5 Å². The highest BCUT2D eigenvalue weighted by Crippen LogP contribution is 2.36. The summed E-state index contributed by atoms with van der Waals surface area (Å²) < 4.78 is 9.05. The average Bonchev–Trinajstić information content (AvgIpc) is 2.97. The van der Waals surface area contributed by atoms with Crippen LogP contribution in [0, 0.1) is 5.92 Å². The molecule has 1 aromatic carbocycles. The Hall–Kier alpha value is -1.26. The van der Waals surface area contributed by atoms with Gasteiger partial charge in [0.2, 0.25) is 0 Å². The number of fused-ring (bicyclic) bond motifs is 1. The molecule has 108 valence electrons. The highest BCUT2D eigenvalue weighted by Gasteiger charge is 2.32. The quantitative estimate of drug-likeness (QED) is 0.798. The van der Waals surface area contributed by atoms with Crippen molar-refractivity contribution in [2.24, 2.45) is 20.0 Å². The molecule has 3 rings (SSSR count). The number of rotatable bonds is 2. The lowest BCUT2D eigenvalue weighted by Gasteiger charge is -2.21. The van der Waals surface area contributed by atoms with Crippen LogP contribution in [0.2, 0.25) is 0 Å². The Morgan fingerprint density at radius 2 is 2.00 bits per heavy atom. The van der Waals surface area contributed by atoms with E-state index in [0.717, 1.165) is 29.6 Å². The maximum absolute atomic E-state index is 11.9. The Balaban J connectivity index is 2.05. The van der Waals surface area contributed by atoms with Gasteiger partial charge in [-0.1, -0.05) is 13.0 Å². The topological polar surface area (TPSA) is 36.2 Å². The Morgan fingerprint density at radius 1 is 1.30 bits per heavy atom. The summed E-state index contributed by atoms with van der Waals surface area (Å²) in [6, 6.07) is 5.96. The van der Waals surface area contributed by atoms with Crippen LogP contribution in [0.25, 0.3) is 11.0 Å². The molecule has 5 heteroatoms. The molecule has 20 heavy (non-hydrogen) atoms. The van der Waals surface area contributed by atoms with Crippen LogP contribution in [-0.2, 0) is 18.8 Å². The second-order valence-corrected chi connectivity index (χ2v) is 6.12. The SMILES string of the molecule is CC1CCOC1C(Cl)c1ccc2c(c1)n(C)c(=O)n2C. The van der Waals surface area contributed by atoms with Crippen LogP contribution < -0.4 is 5.69 Å². The van der Waals surface area contributed by atoms with E-state index in [2.05, 4.69) is 6.92 Å². The second kappa shape index (κ2) is 4.93.